The van der Waals surface area contributed by atoms with E-state index in [0.717, 1.165) is 29.0 Å². The zero-order valence-corrected chi connectivity index (χ0v) is 21.8. The third-order valence-electron chi connectivity index (χ3n) is 5.56. The van der Waals surface area contributed by atoms with Crippen molar-refractivity contribution in [2.24, 2.45) is 0 Å². The predicted octanol–water partition coefficient (Wildman–Crippen LogP) is 5.62. The van der Waals surface area contributed by atoms with E-state index < -0.39 is 39.2 Å². The number of benzene rings is 3. The van der Waals surface area contributed by atoms with Crippen LogP contribution in [0.3, 0.4) is 0 Å². The smallest absolute Gasteiger partial charge is 0.417 e. The van der Waals surface area contributed by atoms with Gasteiger partial charge >= 0.3 is 6.18 Å². The van der Waals surface area contributed by atoms with Crippen LogP contribution >= 0.6 is 11.6 Å². The molecule has 0 radical (unpaired) electrons. The minimum Gasteiger partial charge on any atom is -0.497 e. The van der Waals surface area contributed by atoms with Crippen LogP contribution in [-0.2, 0) is 27.4 Å². The maximum atomic E-state index is 13.5. The number of anilines is 1. The van der Waals surface area contributed by atoms with Crippen molar-refractivity contribution in [2.75, 3.05) is 24.5 Å². The number of carbonyl (C=O) groups excluding carboxylic acids is 1. The van der Waals surface area contributed by atoms with E-state index in [9.17, 15) is 26.4 Å². The van der Waals surface area contributed by atoms with Gasteiger partial charge in [-0.05, 0) is 67.8 Å². The molecule has 3 aromatic carbocycles. The molecule has 0 aliphatic heterocycles. The fourth-order valence-electron chi connectivity index (χ4n) is 3.54. The summed E-state index contributed by atoms with van der Waals surface area (Å²) in [5.41, 5.74) is 0.298. The number of hydrogen-bond acceptors (Lipinski definition) is 4. The van der Waals surface area contributed by atoms with Gasteiger partial charge in [0.25, 0.3) is 10.0 Å². The van der Waals surface area contributed by atoms with Crippen LogP contribution in [0.2, 0.25) is 5.02 Å². The van der Waals surface area contributed by atoms with E-state index in [0.29, 0.717) is 23.2 Å². The fraction of sp³-hybridized carbons (Fsp3) is 0.269. The Balaban J connectivity index is 1.79. The predicted molar refractivity (Wildman–Crippen MR) is 136 cm³/mol. The highest BCUT2D eigenvalue weighted by molar-refractivity contribution is 7.92. The van der Waals surface area contributed by atoms with Gasteiger partial charge in [0.15, 0.2) is 0 Å². The van der Waals surface area contributed by atoms with Gasteiger partial charge in [0, 0.05) is 6.54 Å². The lowest BCUT2D eigenvalue weighted by atomic mass is 10.1. The number of sulfonamides is 1. The largest absolute Gasteiger partial charge is 0.497 e. The Hall–Kier alpha value is -3.24. The monoisotopic (exact) mass is 554 g/mol. The fourth-order valence-corrected chi connectivity index (χ4v) is 5.17. The zero-order valence-electron chi connectivity index (χ0n) is 20.2. The summed E-state index contributed by atoms with van der Waals surface area (Å²) in [5, 5.41) is 2.07. The number of hydrogen-bond donors (Lipinski definition) is 1. The van der Waals surface area contributed by atoms with E-state index in [2.05, 4.69) is 5.32 Å². The number of rotatable bonds is 10. The lowest BCUT2D eigenvalue weighted by molar-refractivity contribution is -0.137. The first-order valence-corrected chi connectivity index (χ1v) is 13.1. The average Bonchev–Trinajstić information content (AvgIpc) is 2.85. The molecule has 37 heavy (non-hydrogen) atoms. The molecule has 0 aliphatic carbocycles. The summed E-state index contributed by atoms with van der Waals surface area (Å²) >= 11 is 5.72. The number of carbonyl (C=O) groups is 1. The molecule has 1 amide bonds. The summed E-state index contributed by atoms with van der Waals surface area (Å²) in [5.74, 6) is 0.0664. The minimum atomic E-state index is -4.81. The third kappa shape index (κ3) is 7.39. The van der Waals surface area contributed by atoms with Crippen molar-refractivity contribution in [1.29, 1.82) is 0 Å². The molecule has 0 heterocycles. The SMILES string of the molecule is COc1ccc(CCCNC(=O)CN(c2ccc(Cl)c(C(F)(F)F)c2)S(=O)(=O)c2ccc(C)cc2)cc1. The number of alkyl halides is 3. The second-order valence-electron chi connectivity index (χ2n) is 8.29. The van der Waals surface area contributed by atoms with Gasteiger partial charge in [0.1, 0.15) is 12.3 Å². The van der Waals surface area contributed by atoms with Crippen molar-refractivity contribution >= 4 is 33.2 Å². The van der Waals surface area contributed by atoms with E-state index in [1.165, 1.54) is 12.1 Å². The third-order valence-corrected chi connectivity index (χ3v) is 7.68. The molecule has 0 aliphatic rings. The van der Waals surface area contributed by atoms with Gasteiger partial charge in [0.2, 0.25) is 5.91 Å². The maximum absolute atomic E-state index is 13.5. The lowest BCUT2D eigenvalue weighted by Crippen LogP contribution is -2.41. The molecule has 0 bridgehead atoms. The Morgan fingerprint density at radius 1 is 1.03 bits per heavy atom. The quantitative estimate of drug-likeness (QED) is 0.330. The molecule has 0 spiro atoms. The second-order valence-corrected chi connectivity index (χ2v) is 10.6. The van der Waals surface area contributed by atoms with Gasteiger partial charge in [-0.1, -0.05) is 41.4 Å². The lowest BCUT2D eigenvalue weighted by Gasteiger charge is -2.25. The molecule has 0 saturated carbocycles. The molecule has 3 rings (SSSR count). The molecule has 6 nitrogen and oxygen atoms in total. The van der Waals surface area contributed by atoms with Gasteiger partial charge in [-0.25, -0.2) is 8.42 Å². The molecular weight excluding hydrogens is 529 g/mol. The summed E-state index contributed by atoms with van der Waals surface area (Å²) in [6.07, 6.45) is -3.58. The van der Waals surface area contributed by atoms with Gasteiger partial charge in [-0.15, -0.1) is 0 Å². The molecule has 0 aromatic heterocycles. The highest BCUT2D eigenvalue weighted by Gasteiger charge is 2.35. The Labute approximate surface area is 219 Å². The zero-order chi connectivity index (χ0) is 27.2. The van der Waals surface area contributed by atoms with Crippen LogP contribution in [0.25, 0.3) is 0 Å². The number of nitrogens with zero attached hydrogens (tertiary/aromatic N) is 1. The van der Waals surface area contributed by atoms with Crippen LogP contribution in [0.5, 0.6) is 5.75 Å². The normalized spacial score (nSPS) is 11.7. The number of halogens is 4. The molecule has 0 saturated heterocycles. The van der Waals surface area contributed by atoms with E-state index in [1.807, 2.05) is 24.3 Å². The van der Waals surface area contributed by atoms with Crippen LogP contribution in [-0.4, -0.2) is 34.5 Å². The molecule has 198 valence electrons. The number of aryl methyl sites for hydroxylation is 2. The molecule has 0 unspecified atom stereocenters. The topological polar surface area (TPSA) is 75.7 Å². The first-order valence-electron chi connectivity index (χ1n) is 11.3. The number of nitrogens with one attached hydrogen (secondary N) is 1. The van der Waals surface area contributed by atoms with Crippen molar-refractivity contribution in [3.63, 3.8) is 0 Å². The van der Waals surface area contributed by atoms with E-state index in [-0.39, 0.29) is 17.1 Å². The van der Waals surface area contributed by atoms with Crippen molar-refractivity contribution < 1.29 is 31.1 Å². The number of ether oxygens (including phenoxy) is 1. The van der Waals surface area contributed by atoms with Crippen LogP contribution < -0.4 is 14.4 Å². The molecule has 11 heteroatoms. The summed E-state index contributed by atoms with van der Waals surface area (Å²) in [7, 11) is -2.80. The van der Waals surface area contributed by atoms with Crippen LogP contribution in [0.15, 0.2) is 71.6 Å². The molecule has 0 fully saturated rings. The molecule has 3 aromatic rings. The first-order chi connectivity index (χ1) is 17.4. The van der Waals surface area contributed by atoms with Crippen LogP contribution in [0.4, 0.5) is 18.9 Å². The van der Waals surface area contributed by atoms with Gasteiger partial charge in [-0.3, -0.25) is 9.10 Å². The van der Waals surface area contributed by atoms with Gasteiger partial charge < -0.3 is 10.1 Å². The van der Waals surface area contributed by atoms with Crippen molar-refractivity contribution in [1.82, 2.24) is 5.32 Å². The van der Waals surface area contributed by atoms with E-state index in [1.54, 1.807) is 26.2 Å². The highest BCUT2D eigenvalue weighted by Crippen LogP contribution is 2.38. The van der Waals surface area contributed by atoms with Crippen molar-refractivity contribution in [2.45, 2.75) is 30.8 Å². The number of amides is 1. The average molecular weight is 555 g/mol. The van der Waals surface area contributed by atoms with Crippen molar-refractivity contribution in [3.8, 4) is 5.75 Å². The molecular formula is C26H26ClF3N2O4S. The van der Waals surface area contributed by atoms with Gasteiger partial charge in [0.05, 0.1) is 28.3 Å². The summed E-state index contributed by atoms with van der Waals surface area (Å²) in [6.45, 7) is 1.30. The Kier molecular flexibility index (Phi) is 9.09. The first kappa shape index (κ1) is 28.3. The second kappa shape index (κ2) is 11.9. The Morgan fingerprint density at radius 2 is 1.68 bits per heavy atom. The molecule has 1 N–H and O–H groups in total. The highest BCUT2D eigenvalue weighted by atomic mass is 35.5. The van der Waals surface area contributed by atoms with Crippen LogP contribution in [0, 0.1) is 6.92 Å². The van der Waals surface area contributed by atoms with E-state index >= 15 is 0 Å². The Morgan fingerprint density at radius 3 is 2.27 bits per heavy atom. The summed E-state index contributed by atoms with van der Waals surface area (Å²) < 4.78 is 73.0. The van der Waals surface area contributed by atoms with Crippen molar-refractivity contribution in [3.05, 3.63) is 88.4 Å². The summed E-state index contributed by atoms with van der Waals surface area (Å²) in [4.78, 5) is 12.6. The molecule has 0 atom stereocenters. The standard InChI is InChI=1S/C26H26ClF3N2O4S/c1-18-5-12-22(13-6-18)37(34,35)32(20-9-14-24(27)23(16-20)26(28,29)30)17-25(33)31-15-3-4-19-7-10-21(36-2)11-8-19/h5-14,16H,3-4,15,17H2,1-2H3,(H,31,33). The minimum absolute atomic E-state index is 0.158. The van der Waals surface area contributed by atoms with Gasteiger partial charge in [-0.2, -0.15) is 13.2 Å². The maximum Gasteiger partial charge on any atom is 0.417 e. The number of methoxy groups -OCH3 is 1. The van der Waals surface area contributed by atoms with E-state index in [4.69, 9.17) is 16.3 Å². The Bertz CT molecular complexity index is 1330. The summed E-state index contributed by atoms with van der Waals surface area (Å²) in [6, 6.07) is 16.0. The van der Waals surface area contributed by atoms with Crippen LogP contribution in [0.1, 0.15) is 23.1 Å².